The minimum absolute atomic E-state index is 0.155. The first-order valence-electron chi connectivity index (χ1n) is 6.51. The summed E-state index contributed by atoms with van der Waals surface area (Å²) in [6.07, 6.45) is 0. The average molecular weight is 280 g/mol. The lowest BCUT2D eigenvalue weighted by Gasteiger charge is -2.29. The second-order valence-electron chi connectivity index (χ2n) is 4.64. The topological polar surface area (TPSA) is 58.6 Å². The molecule has 20 heavy (non-hydrogen) atoms. The molecule has 1 aliphatic rings. The van der Waals surface area contributed by atoms with Gasteiger partial charge in [0.15, 0.2) is 0 Å². The van der Waals surface area contributed by atoms with E-state index in [1.807, 2.05) is 0 Å². The zero-order valence-corrected chi connectivity index (χ0v) is 11.3. The summed E-state index contributed by atoms with van der Waals surface area (Å²) in [5.74, 6) is -1.10. The van der Waals surface area contributed by atoms with Crippen molar-refractivity contribution in [2.24, 2.45) is 0 Å². The third-order valence-electron chi connectivity index (χ3n) is 3.13. The van der Waals surface area contributed by atoms with Gasteiger partial charge >= 0.3 is 0 Å². The van der Waals surface area contributed by atoms with Crippen LogP contribution in [0.4, 0.5) is 4.39 Å². The number of nitrogens with zero attached hydrogens (tertiary/aromatic N) is 1. The van der Waals surface area contributed by atoms with Crippen LogP contribution in [0, 0.1) is 5.82 Å². The summed E-state index contributed by atoms with van der Waals surface area (Å²) in [7, 11) is 0. The number of carbonyl (C=O) groups excluding carboxylic acids is 2. The molecule has 0 aliphatic carbocycles. The minimum atomic E-state index is -0.649. The Bertz CT molecular complexity index is 501. The molecule has 1 aliphatic heterocycles. The maximum atomic E-state index is 13.0. The highest BCUT2D eigenvalue weighted by molar-refractivity contribution is 5.97. The number of halogens is 1. The number of benzene rings is 1. The van der Waals surface area contributed by atoms with Crippen molar-refractivity contribution in [3.63, 3.8) is 0 Å². The summed E-state index contributed by atoms with van der Waals surface area (Å²) >= 11 is 0. The summed E-state index contributed by atoms with van der Waals surface area (Å²) in [5.41, 5.74) is 0.201. The van der Waals surface area contributed by atoms with Gasteiger partial charge < -0.3 is 15.0 Å². The Morgan fingerprint density at radius 3 is 2.70 bits per heavy atom. The molecule has 0 radical (unpaired) electrons. The van der Waals surface area contributed by atoms with Crippen molar-refractivity contribution >= 4 is 11.8 Å². The van der Waals surface area contributed by atoms with Crippen LogP contribution in [0.3, 0.4) is 0 Å². The molecule has 1 aromatic rings. The number of ether oxygens (including phenoxy) is 1. The number of hydrogen-bond donors (Lipinski definition) is 1. The highest BCUT2D eigenvalue weighted by Gasteiger charge is 2.23. The Hall–Kier alpha value is -1.95. The van der Waals surface area contributed by atoms with E-state index in [2.05, 4.69) is 5.32 Å². The molecule has 108 valence electrons. The molecule has 1 fully saturated rings. The largest absolute Gasteiger partial charge is 0.378 e. The van der Waals surface area contributed by atoms with Gasteiger partial charge in [-0.3, -0.25) is 9.59 Å². The van der Waals surface area contributed by atoms with Gasteiger partial charge in [0.25, 0.3) is 5.91 Å². The third-order valence-corrected chi connectivity index (χ3v) is 3.13. The molecule has 2 rings (SSSR count). The van der Waals surface area contributed by atoms with Crippen LogP contribution >= 0.6 is 0 Å². The molecular formula is C14H17FN2O3. The van der Waals surface area contributed by atoms with Crippen molar-refractivity contribution in [3.05, 3.63) is 35.6 Å². The van der Waals surface area contributed by atoms with E-state index in [1.54, 1.807) is 11.8 Å². The lowest BCUT2D eigenvalue weighted by atomic mass is 10.2. The Labute approximate surface area is 116 Å². The predicted molar refractivity (Wildman–Crippen MR) is 70.7 cm³/mol. The van der Waals surface area contributed by atoms with Crippen LogP contribution < -0.4 is 5.32 Å². The van der Waals surface area contributed by atoms with Crippen molar-refractivity contribution in [3.8, 4) is 0 Å². The average Bonchev–Trinajstić information content (AvgIpc) is 2.47. The zero-order valence-electron chi connectivity index (χ0n) is 11.3. The Balaban J connectivity index is 1.94. The van der Waals surface area contributed by atoms with Crippen LogP contribution in [0.15, 0.2) is 24.3 Å². The van der Waals surface area contributed by atoms with E-state index < -0.39 is 17.8 Å². The number of carbonyl (C=O) groups is 2. The molecule has 1 saturated heterocycles. The van der Waals surface area contributed by atoms with Crippen molar-refractivity contribution in [1.29, 1.82) is 0 Å². The second kappa shape index (κ2) is 6.47. The quantitative estimate of drug-likeness (QED) is 0.891. The fourth-order valence-electron chi connectivity index (χ4n) is 2.03. The molecule has 1 N–H and O–H groups in total. The predicted octanol–water partition coefficient (Wildman–Crippen LogP) is 0.803. The molecule has 2 amide bonds. The molecule has 0 unspecified atom stereocenters. The van der Waals surface area contributed by atoms with E-state index in [9.17, 15) is 14.0 Å². The fourth-order valence-corrected chi connectivity index (χ4v) is 2.03. The van der Waals surface area contributed by atoms with Crippen molar-refractivity contribution in [2.45, 2.75) is 13.0 Å². The van der Waals surface area contributed by atoms with Gasteiger partial charge in [-0.15, -0.1) is 0 Å². The van der Waals surface area contributed by atoms with Gasteiger partial charge in [0.2, 0.25) is 5.91 Å². The molecule has 0 spiro atoms. The summed E-state index contributed by atoms with van der Waals surface area (Å²) in [6, 6.07) is 4.72. The Kier molecular flexibility index (Phi) is 4.68. The summed E-state index contributed by atoms with van der Waals surface area (Å²) < 4.78 is 18.2. The molecule has 0 bridgehead atoms. The van der Waals surface area contributed by atoms with Gasteiger partial charge in [-0.2, -0.15) is 0 Å². The lowest BCUT2D eigenvalue weighted by Crippen LogP contribution is -2.50. The fraction of sp³-hybridized carbons (Fsp3) is 0.429. The van der Waals surface area contributed by atoms with Crippen LogP contribution in [0.5, 0.6) is 0 Å². The lowest BCUT2D eigenvalue weighted by molar-refractivity contribution is -0.136. The van der Waals surface area contributed by atoms with Crippen molar-refractivity contribution < 1.29 is 18.7 Å². The number of morpholine rings is 1. The number of nitrogens with one attached hydrogen (secondary N) is 1. The standard InChI is InChI=1S/C14H17FN2O3/c1-10(14(19)17-5-7-20-8-6-17)16-13(18)11-3-2-4-12(15)9-11/h2-4,9-10H,5-8H2,1H3,(H,16,18)/t10-/m0/s1. The van der Waals surface area contributed by atoms with Crippen molar-refractivity contribution in [1.82, 2.24) is 10.2 Å². The normalized spacial score (nSPS) is 16.6. The number of amides is 2. The zero-order chi connectivity index (χ0) is 14.5. The molecule has 0 saturated carbocycles. The van der Waals surface area contributed by atoms with E-state index in [1.165, 1.54) is 18.2 Å². The van der Waals surface area contributed by atoms with Gasteiger partial charge in [0.1, 0.15) is 11.9 Å². The maximum absolute atomic E-state index is 13.0. The molecule has 5 nitrogen and oxygen atoms in total. The van der Waals surface area contributed by atoms with Crippen LogP contribution in [-0.2, 0) is 9.53 Å². The molecule has 0 aromatic heterocycles. The van der Waals surface area contributed by atoms with E-state index in [-0.39, 0.29) is 11.5 Å². The molecular weight excluding hydrogens is 263 g/mol. The Morgan fingerprint density at radius 1 is 1.35 bits per heavy atom. The number of rotatable bonds is 3. The van der Waals surface area contributed by atoms with Gasteiger partial charge in [-0.25, -0.2) is 4.39 Å². The summed E-state index contributed by atoms with van der Waals surface area (Å²) in [6.45, 7) is 3.69. The smallest absolute Gasteiger partial charge is 0.252 e. The van der Waals surface area contributed by atoms with E-state index in [4.69, 9.17) is 4.74 Å². The van der Waals surface area contributed by atoms with E-state index >= 15 is 0 Å². The first-order valence-corrected chi connectivity index (χ1v) is 6.51. The Morgan fingerprint density at radius 2 is 2.05 bits per heavy atom. The first kappa shape index (κ1) is 14.5. The highest BCUT2D eigenvalue weighted by Crippen LogP contribution is 2.05. The van der Waals surface area contributed by atoms with Crippen molar-refractivity contribution in [2.75, 3.05) is 26.3 Å². The van der Waals surface area contributed by atoms with Gasteiger partial charge in [-0.1, -0.05) is 6.07 Å². The first-order chi connectivity index (χ1) is 9.58. The molecule has 1 heterocycles. The molecule has 6 heteroatoms. The minimum Gasteiger partial charge on any atom is -0.378 e. The third kappa shape index (κ3) is 3.54. The van der Waals surface area contributed by atoms with Gasteiger partial charge in [0.05, 0.1) is 13.2 Å². The van der Waals surface area contributed by atoms with Crippen LogP contribution in [-0.4, -0.2) is 49.1 Å². The maximum Gasteiger partial charge on any atom is 0.252 e. The van der Waals surface area contributed by atoms with E-state index in [0.29, 0.717) is 26.3 Å². The van der Waals surface area contributed by atoms with Crippen LogP contribution in [0.1, 0.15) is 17.3 Å². The summed E-state index contributed by atoms with van der Waals surface area (Å²) in [5, 5.41) is 2.58. The van der Waals surface area contributed by atoms with Gasteiger partial charge in [0, 0.05) is 18.7 Å². The summed E-state index contributed by atoms with van der Waals surface area (Å²) in [4.78, 5) is 25.7. The van der Waals surface area contributed by atoms with Gasteiger partial charge in [-0.05, 0) is 25.1 Å². The number of hydrogen-bond acceptors (Lipinski definition) is 3. The highest BCUT2D eigenvalue weighted by atomic mass is 19.1. The van der Waals surface area contributed by atoms with Crippen LogP contribution in [0.2, 0.25) is 0 Å². The molecule has 1 atom stereocenters. The second-order valence-corrected chi connectivity index (χ2v) is 4.64. The van der Waals surface area contributed by atoms with Crippen LogP contribution in [0.25, 0.3) is 0 Å². The van der Waals surface area contributed by atoms with E-state index in [0.717, 1.165) is 6.07 Å². The monoisotopic (exact) mass is 280 g/mol. The molecule has 1 aromatic carbocycles. The SMILES string of the molecule is C[C@H](NC(=O)c1cccc(F)c1)C(=O)N1CCOCC1.